The van der Waals surface area contributed by atoms with Crippen molar-refractivity contribution in [2.24, 2.45) is 0 Å². The third-order valence-electron chi connectivity index (χ3n) is 4.12. The van der Waals surface area contributed by atoms with E-state index in [9.17, 15) is 15.4 Å². The predicted molar refractivity (Wildman–Crippen MR) is 105 cm³/mol. The summed E-state index contributed by atoms with van der Waals surface area (Å²) in [7, 11) is 1.33. The fourth-order valence-corrected chi connectivity index (χ4v) is 3.15. The molecular weight excluding hydrogens is 382 g/mol. The Morgan fingerprint density at radius 3 is 2.68 bits per heavy atom. The number of aryl methyl sites for hydroxylation is 1. The third-order valence-corrected chi connectivity index (χ3v) is 4.40. The molecule has 3 aromatic rings. The first-order valence-electron chi connectivity index (χ1n) is 8.26. The predicted octanol–water partition coefficient (Wildman–Crippen LogP) is 4.23. The number of nitro benzene ring substituents is 1. The van der Waals surface area contributed by atoms with Crippen LogP contribution in [-0.2, 0) is 6.54 Å². The number of aromatic nitrogens is 2. The van der Waals surface area contributed by atoms with Gasteiger partial charge in [-0.1, -0.05) is 29.8 Å². The molecule has 3 rings (SSSR count). The number of benzene rings is 2. The Morgan fingerprint density at radius 2 is 2.07 bits per heavy atom. The van der Waals surface area contributed by atoms with Crippen molar-refractivity contribution in [1.82, 2.24) is 9.78 Å². The Kier molecular flexibility index (Phi) is 5.47. The van der Waals surface area contributed by atoms with E-state index in [0.717, 1.165) is 5.69 Å². The zero-order valence-electron chi connectivity index (χ0n) is 15.1. The number of nitro groups is 1. The lowest BCUT2D eigenvalue weighted by Crippen LogP contribution is -2.08. The molecule has 0 saturated carbocycles. The van der Waals surface area contributed by atoms with Crippen LogP contribution in [0, 0.1) is 28.4 Å². The van der Waals surface area contributed by atoms with Gasteiger partial charge in [-0.2, -0.15) is 10.4 Å². The monoisotopic (exact) mass is 397 g/mol. The van der Waals surface area contributed by atoms with Crippen molar-refractivity contribution in [2.45, 2.75) is 13.5 Å². The standard InChI is InChI=1S/C19H16ClN5O3/c1-12-15(10-21)19(24(23-12)14-6-4-3-5-7-14)22-11-13-8-16(20)18(28-2)17(9-13)25(26)27/h3-9,22H,11H2,1-2H3. The van der Waals surface area contributed by atoms with Gasteiger partial charge in [-0.15, -0.1) is 0 Å². The molecule has 2 aromatic carbocycles. The van der Waals surface area contributed by atoms with Crippen LogP contribution in [0.2, 0.25) is 5.02 Å². The number of anilines is 1. The summed E-state index contributed by atoms with van der Waals surface area (Å²) in [5.74, 6) is 0.513. The van der Waals surface area contributed by atoms with Crippen molar-refractivity contribution >= 4 is 23.1 Å². The summed E-state index contributed by atoms with van der Waals surface area (Å²) in [6, 6.07) is 14.5. The molecule has 8 nitrogen and oxygen atoms in total. The van der Waals surface area contributed by atoms with Gasteiger partial charge in [0.1, 0.15) is 17.5 Å². The van der Waals surface area contributed by atoms with E-state index < -0.39 is 4.92 Å². The average molecular weight is 398 g/mol. The van der Waals surface area contributed by atoms with E-state index in [1.165, 1.54) is 13.2 Å². The third kappa shape index (κ3) is 3.61. The second kappa shape index (κ2) is 7.98. The number of ether oxygens (including phenoxy) is 1. The highest BCUT2D eigenvalue weighted by Crippen LogP contribution is 2.36. The lowest BCUT2D eigenvalue weighted by Gasteiger charge is -2.12. The summed E-state index contributed by atoms with van der Waals surface area (Å²) in [6.45, 7) is 1.95. The zero-order valence-corrected chi connectivity index (χ0v) is 15.9. The van der Waals surface area contributed by atoms with Crippen LogP contribution in [-0.4, -0.2) is 21.8 Å². The van der Waals surface area contributed by atoms with Gasteiger partial charge in [-0.3, -0.25) is 10.1 Å². The van der Waals surface area contributed by atoms with Crippen molar-refractivity contribution in [3.63, 3.8) is 0 Å². The molecule has 1 N–H and O–H groups in total. The summed E-state index contributed by atoms with van der Waals surface area (Å²) in [5.41, 5.74) is 2.11. The molecule has 0 atom stereocenters. The van der Waals surface area contributed by atoms with Crippen molar-refractivity contribution in [3.8, 4) is 17.5 Å². The van der Waals surface area contributed by atoms with Crippen molar-refractivity contribution in [3.05, 3.63) is 74.4 Å². The van der Waals surface area contributed by atoms with Crippen LogP contribution in [0.4, 0.5) is 11.5 Å². The van der Waals surface area contributed by atoms with Gasteiger partial charge in [0.15, 0.2) is 0 Å². The van der Waals surface area contributed by atoms with Crippen molar-refractivity contribution in [1.29, 1.82) is 5.26 Å². The number of para-hydroxylation sites is 1. The van der Waals surface area contributed by atoms with Gasteiger partial charge in [-0.05, 0) is 30.7 Å². The molecule has 0 aliphatic carbocycles. The molecule has 0 amide bonds. The molecule has 9 heteroatoms. The molecule has 0 fully saturated rings. The minimum Gasteiger partial charge on any atom is -0.489 e. The van der Waals surface area contributed by atoms with Crippen molar-refractivity contribution < 1.29 is 9.66 Å². The molecule has 0 saturated heterocycles. The first kappa shape index (κ1) is 19.2. The summed E-state index contributed by atoms with van der Waals surface area (Å²) < 4.78 is 6.65. The van der Waals surface area contributed by atoms with Crippen LogP contribution in [0.25, 0.3) is 5.69 Å². The van der Waals surface area contributed by atoms with Crippen LogP contribution >= 0.6 is 11.6 Å². The quantitative estimate of drug-likeness (QED) is 0.492. The zero-order chi connectivity index (χ0) is 20.3. The van der Waals surface area contributed by atoms with Gasteiger partial charge >= 0.3 is 5.69 Å². The Bertz CT molecular complexity index is 1070. The lowest BCUT2D eigenvalue weighted by molar-refractivity contribution is -0.385. The van der Waals surface area contributed by atoms with Crippen molar-refractivity contribution in [2.75, 3.05) is 12.4 Å². The van der Waals surface area contributed by atoms with Gasteiger partial charge in [0.25, 0.3) is 0 Å². The van der Waals surface area contributed by atoms with Crippen LogP contribution < -0.4 is 10.1 Å². The molecular formula is C19H16ClN5O3. The van der Waals surface area contributed by atoms with E-state index in [1.54, 1.807) is 17.7 Å². The first-order valence-corrected chi connectivity index (χ1v) is 8.63. The first-order chi connectivity index (χ1) is 13.5. The van der Waals surface area contributed by atoms with Gasteiger partial charge < -0.3 is 10.1 Å². The highest BCUT2D eigenvalue weighted by molar-refractivity contribution is 6.32. The summed E-state index contributed by atoms with van der Waals surface area (Å²) in [5, 5.41) is 28.5. The number of methoxy groups -OCH3 is 1. The fraction of sp³-hybridized carbons (Fsp3) is 0.158. The smallest absolute Gasteiger partial charge is 0.312 e. The second-order valence-electron chi connectivity index (χ2n) is 5.91. The SMILES string of the molecule is COc1c(Cl)cc(CNc2c(C#N)c(C)nn2-c2ccccc2)cc1[N+](=O)[O-]. The molecule has 1 heterocycles. The van der Waals surface area contributed by atoms with E-state index in [1.807, 2.05) is 30.3 Å². The number of nitrogens with zero attached hydrogens (tertiary/aromatic N) is 4. The van der Waals surface area contributed by atoms with E-state index in [-0.39, 0.29) is 23.0 Å². The molecule has 0 unspecified atom stereocenters. The number of hydrogen-bond donors (Lipinski definition) is 1. The molecule has 28 heavy (non-hydrogen) atoms. The molecule has 1 aromatic heterocycles. The maximum atomic E-state index is 11.3. The molecule has 0 spiro atoms. The average Bonchev–Trinajstić information content (AvgIpc) is 3.01. The Morgan fingerprint density at radius 1 is 1.36 bits per heavy atom. The summed E-state index contributed by atoms with van der Waals surface area (Å²) in [6.07, 6.45) is 0. The Hall–Kier alpha value is -3.57. The minimum atomic E-state index is -0.548. The number of hydrogen-bond acceptors (Lipinski definition) is 6. The van der Waals surface area contributed by atoms with Gasteiger partial charge in [-0.25, -0.2) is 4.68 Å². The Balaban J connectivity index is 1.98. The number of nitrogens with one attached hydrogen (secondary N) is 1. The van der Waals surface area contributed by atoms with E-state index in [4.69, 9.17) is 16.3 Å². The number of nitriles is 1. The molecule has 0 aliphatic heterocycles. The number of halogens is 1. The van der Waals surface area contributed by atoms with Crippen LogP contribution in [0.5, 0.6) is 5.75 Å². The summed E-state index contributed by atoms with van der Waals surface area (Å²) in [4.78, 5) is 10.7. The molecule has 142 valence electrons. The van der Waals surface area contributed by atoms with Gasteiger partial charge in [0, 0.05) is 12.6 Å². The molecule has 0 radical (unpaired) electrons. The molecule has 0 bridgehead atoms. The highest BCUT2D eigenvalue weighted by Gasteiger charge is 2.21. The highest BCUT2D eigenvalue weighted by atomic mass is 35.5. The summed E-state index contributed by atoms with van der Waals surface area (Å²) >= 11 is 6.12. The maximum Gasteiger partial charge on any atom is 0.312 e. The van der Waals surface area contributed by atoms with E-state index >= 15 is 0 Å². The number of rotatable bonds is 6. The van der Waals surface area contributed by atoms with Gasteiger partial charge in [0.2, 0.25) is 5.75 Å². The van der Waals surface area contributed by atoms with E-state index in [2.05, 4.69) is 16.5 Å². The van der Waals surface area contributed by atoms with Crippen LogP contribution in [0.3, 0.4) is 0 Å². The van der Waals surface area contributed by atoms with E-state index in [0.29, 0.717) is 22.6 Å². The minimum absolute atomic E-state index is 0.0123. The van der Waals surface area contributed by atoms with Crippen LogP contribution in [0.1, 0.15) is 16.8 Å². The maximum absolute atomic E-state index is 11.3. The largest absolute Gasteiger partial charge is 0.489 e. The second-order valence-corrected chi connectivity index (χ2v) is 6.32. The normalized spacial score (nSPS) is 10.4. The topological polar surface area (TPSA) is 106 Å². The lowest BCUT2D eigenvalue weighted by atomic mass is 10.1. The Labute approximate surface area is 166 Å². The van der Waals surface area contributed by atoms with Crippen LogP contribution in [0.15, 0.2) is 42.5 Å². The fourth-order valence-electron chi connectivity index (χ4n) is 2.84. The molecule has 0 aliphatic rings. The van der Waals surface area contributed by atoms with Gasteiger partial charge in [0.05, 0.1) is 28.4 Å².